The van der Waals surface area contributed by atoms with Crippen LogP contribution in [0.3, 0.4) is 0 Å². The van der Waals surface area contributed by atoms with Gasteiger partial charge in [0, 0.05) is 6.42 Å². The fourth-order valence-corrected chi connectivity index (χ4v) is 4.30. The van der Waals surface area contributed by atoms with Crippen molar-refractivity contribution in [3.63, 3.8) is 0 Å². The zero-order valence-electron chi connectivity index (χ0n) is 16.1. The summed E-state index contributed by atoms with van der Waals surface area (Å²) in [7, 11) is 0. The summed E-state index contributed by atoms with van der Waals surface area (Å²) in [6, 6.07) is 5.90. The van der Waals surface area contributed by atoms with Crippen LogP contribution in [0.4, 0.5) is 10.1 Å². The number of thioether (sulfide) groups is 1. The highest BCUT2D eigenvalue weighted by molar-refractivity contribution is 8.15. The molecule has 0 saturated carbocycles. The molecule has 0 radical (unpaired) electrons. The van der Waals surface area contributed by atoms with Gasteiger partial charge in [-0.1, -0.05) is 43.3 Å². The van der Waals surface area contributed by atoms with Crippen molar-refractivity contribution in [3.8, 4) is 0 Å². The SMILES string of the molecule is CC1=C/C(=N\N=C2NC(=O)C(CC(=O)Nc3ccccc3F)S2)CC(C)(C)C1. The highest BCUT2D eigenvalue weighted by Crippen LogP contribution is 2.34. The molecule has 3 rings (SSSR count). The first kappa shape index (κ1) is 20.3. The number of hydrogen-bond donors (Lipinski definition) is 2. The van der Waals surface area contributed by atoms with Gasteiger partial charge in [0.1, 0.15) is 11.1 Å². The van der Waals surface area contributed by atoms with Crippen LogP contribution >= 0.6 is 11.8 Å². The first-order valence-electron chi connectivity index (χ1n) is 9.05. The van der Waals surface area contributed by atoms with E-state index in [1.54, 1.807) is 12.1 Å². The third-order valence-electron chi connectivity index (χ3n) is 4.39. The molecule has 2 amide bonds. The highest BCUT2D eigenvalue weighted by Gasteiger charge is 2.32. The van der Waals surface area contributed by atoms with Gasteiger partial charge in [-0.25, -0.2) is 4.39 Å². The van der Waals surface area contributed by atoms with Crippen molar-refractivity contribution in [2.24, 2.45) is 15.6 Å². The number of hydrogen-bond acceptors (Lipinski definition) is 5. The van der Waals surface area contributed by atoms with Crippen LogP contribution in [0, 0.1) is 11.2 Å². The molecular formula is C20H23FN4O2S. The molecule has 1 fully saturated rings. The van der Waals surface area contributed by atoms with Crippen LogP contribution in [0.15, 0.2) is 46.1 Å². The molecule has 2 N–H and O–H groups in total. The summed E-state index contributed by atoms with van der Waals surface area (Å²) >= 11 is 1.16. The third-order valence-corrected chi connectivity index (χ3v) is 5.47. The number of allylic oxidation sites excluding steroid dienone is 2. The fourth-order valence-electron chi connectivity index (χ4n) is 3.39. The van der Waals surface area contributed by atoms with Crippen LogP contribution in [0.2, 0.25) is 0 Å². The van der Waals surface area contributed by atoms with E-state index in [0.29, 0.717) is 5.17 Å². The van der Waals surface area contributed by atoms with E-state index in [4.69, 9.17) is 0 Å². The van der Waals surface area contributed by atoms with E-state index in [1.165, 1.54) is 17.7 Å². The zero-order valence-corrected chi connectivity index (χ0v) is 16.9. The van der Waals surface area contributed by atoms with E-state index < -0.39 is 17.0 Å². The summed E-state index contributed by atoms with van der Waals surface area (Å²) < 4.78 is 13.6. The number of carbonyl (C=O) groups is 2. The number of para-hydroxylation sites is 1. The Morgan fingerprint density at radius 2 is 2.07 bits per heavy atom. The maximum Gasteiger partial charge on any atom is 0.240 e. The summed E-state index contributed by atoms with van der Waals surface area (Å²) in [5, 5.41) is 13.3. The van der Waals surface area contributed by atoms with Crippen molar-refractivity contribution in [1.29, 1.82) is 0 Å². The lowest BCUT2D eigenvalue weighted by Gasteiger charge is -2.28. The summed E-state index contributed by atoms with van der Waals surface area (Å²) in [5.41, 5.74) is 2.35. The molecule has 1 aliphatic carbocycles. The molecule has 0 aromatic heterocycles. The second-order valence-corrected chi connectivity index (χ2v) is 9.02. The number of anilines is 1. The number of amidine groups is 1. The van der Waals surface area contributed by atoms with Gasteiger partial charge in [0.2, 0.25) is 11.8 Å². The van der Waals surface area contributed by atoms with Crippen LogP contribution in [-0.4, -0.2) is 27.9 Å². The van der Waals surface area contributed by atoms with Gasteiger partial charge < -0.3 is 10.6 Å². The van der Waals surface area contributed by atoms with Gasteiger partial charge in [-0.3, -0.25) is 9.59 Å². The van der Waals surface area contributed by atoms with Gasteiger partial charge in [-0.15, -0.1) is 5.10 Å². The van der Waals surface area contributed by atoms with Gasteiger partial charge in [0.05, 0.1) is 11.4 Å². The average Bonchev–Trinajstić information content (AvgIpc) is 2.93. The minimum atomic E-state index is -0.620. The molecular weight excluding hydrogens is 379 g/mol. The molecule has 0 spiro atoms. The fraction of sp³-hybridized carbons (Fsp3) is 0.400. The molecule has 0 bridgehead atoms. The van der Waals surface area contributed by atoms with E-state index in [9.17, 15) is 14.0 Å². The Morgan fingerprint density at radius 3 is 2.79 bits per heavy atom. The van der Waals surface area contributed by atoms with Crippen LogP contribution < -0.4 is 10.6 Å². The Labute approximate surface area is 167 Å². The van der Waals surface area contributed by atoms with Crippen molar-refractivity contribution < 1.29 is 14.0 Å². The predicted molar refractivity (Wildman–Crippen MR) is 111 cm³/mol. The lowest BCUT2D eigenvalue weighted by Crippen LogP contribution is -2.28. The topological polar surface area (TPSA) is 82.9 Å². The van der Waals surface area contributed by atoms with Gasteiger partial charge in [-0.05, 0) is 43.4 Å². The summed E-state index contributed by atoms with van der Waals surface area (Å²) in [5.74, 6) is -1.25. The summed E-state index contributed by atoms with van der Waals surface area (Å²) in [6.45, 7) is 6.44. The third kappa shape index (κ3) is 5.28. The lowest BCUT2D eigenvalue weighted by molar-refractivity contribution is -0.122. The minimum absolute atomic E-state index is 0.0769. The summed E-state index contributed by atoms with van der Waals surface area (Å²) in [6.07, 6.45) is 3.78. The highest BCUT2D eigenvalue weighted by atomic mass is 32.2. The van der Waals surface area contributed by atoms with Crippen LogP contribution in [0.25, 0.3) is 0 Å². The Bertz CT molecular complexity index is 892. The smallest absolute Gasteiger partial charge is 0.240 e. The van der Waals surface area contributed by atoms with Gasteiger partial charge >= 0.3 is 0 Å². The van der Waals surface area contributed by atoms with Crippen molar-refractivity contribution in [2.45, 2.75) is 45.3 Å². The van der Waals surface area contributed by atoms with Crippen LogP contribution in [0.5, 0.6) is 0 Å². The second kappa shape index (κ2) is 8.26. The van der Waals surface area contributed by atoms with Crippen molar-refractivity contribution >= 4 is 40.1 Å². The van der Waals surface area contributed by atoms with E-state index in [1.807, 2.05) is 6.08 Å². The first-order valence-corrected chi connectivity index (χ1v) is 9.93. The standard InChI is InChI=1S/C20H23FN4O2S/c1-12-8-13(11-20(2,3)10-12)24-25-19-23-18(27)16(28-19)9-17(26)22-15-7-5-4-6-14(15)21/h4-8,16H,9-11H2,1-3H3,(H,22,26)(H,23,25,27)/b24-13+. The summed E-state index contributed by atoms with van der Waals surface area (Å²) in [4.78, 5) is 24.3. The van der Waals surface area contributed by atoms with Crippen LogP contribution in [0.1, 0.15) is 40.0 Å². The number of halogens is 1. The molecule has 28 heavy (non-hydrogen) atoms. The number of amides is 2. The Kier molecular flexibility index (Phi) is 5.98. The first-order chi connectivity index (χ1) is 13.2. The largest absolute Gasteiger partial charge is 0.324 e. The molecule has 1 aromatic rings. The van der Waals surface area contributed by atoms with Gasteiger partial charge in [0.25, 0.3) is 0 Å². The molecule has 8 heteroatoms. The molecule has 1 atom stereocenters. The predicted octanol–water partition coefficient (Wildman–Crippen LogP) is 3.86. The Balaban J connectivity index is 1.61. The molecule has 1 aliphatic heterocycles. The molecule has 1 heterocycles. The lowest BCUT2D eigenvalue weighted by atomic mass is 9.77. The molecule has 148 valence electrons. The second-order valence-electron chi connectivity index (χ2n) is 7.83. The van der Waals surface area contributed by atoms with Gasteiger partial charge in [0.15, 0.2) is 5.17 Å². The minimum Gasteiger partial charge on any atom is -0.324 e. The number of benzene rings is 1. The molecule has 1 saturated heterocycles. The average molecular weight is 402 g/mol. The number of carbonyl (C=O) groups excluding carboxylic acids is 2. The molecule has 2 aliphatic rings. The van der Waals surface area contributed by atoms with E-state index >= 15 is 0 Å². The normalized spacial score (nSPS) is 24.2. The van der Waals surface area contributed by atoms with Crippen molar-refractivity contribution in [1.82, 2.24) is 5.32 Å². The van der Waals surface area contributed by atoms with E-state index in [0.717, 1.165) is 30.3 Å². The zero-order chi connectivity index (χ0) is 20.3. The van der Waals surface area contributed by atoms with Crippen molar-refractivity contribution in [3.05, 3.63) is 41.7 Å². The van der Waals surface area contributed by atoms with Gasteiger partial charge in [-0.2, -0.15) is 5.10 Å². The van der Waals surface area contributed by atoms with Crippen molar-refractivity contribution in [2.75, 3.05) is 5.32 Å². The maximum absolute atomic E-state index is 13.6. The maximum atomic E-state index is 13.6. The molecule has 1 unspecified atom stereocenters. The van der Waals surface area contributed by atoms with Crippen LogP contribution in [-0.2, 0) is 9.59 Å². The molecule has 6 nitrogen and oxygen atoms in total. The number of nitrogens with one attached hydrogen (secondary N) is 2. The number of nitrogens with zero attached hydrogens (tertiary/aromatic N) is 2. The monoisotopic (exact) mass is 402 g/mol. The quantitative estimate of drug-likeness (QED) is 0.750. The van der Waals surface area contributed by atoms with E-state index in [-0.39, 0.29) is 23.4 Å². The molecule has 1 aromatic carbocycles. The Hall–Kier alpha value is -2.48. The Morgan fingerprint density at radius 1 is 1.32 bits per heavy atom. The number of rotatable bonds is 4. The van der Waals surface area contributed by atoms with E-state index in [2.05, 4.69) is 41.6 Å².